The molecule has 37 heavy (non-hydrogen) atoms. The summed E-state index contributed by atoms with van der Waals surface area (Å²) in [5.74, 6) is -1.86. The lowest BCUT2D eigenvalue weighted by atomic mass is 10.0. The molecule has 1 amide bonds. The highest BCUT2D eigenvalue weighted by Crippen LogP contribution is 2.16. The Morgan fingerprint density at radius 2 is 1.57 bits per heavy atom. The molecule has 196 valence electrons. The fraction of sp³-hybridized carbons (Fsp3) is 0.333. The Morgan fingerprint density at radius 1 is 0.919 bits per heavy atom. The van der Waals surface area contributed by atoms with E-state index in [0.717, 1.165) is 29.2 Å². The van der Waals surface area contributed by atoms with Crippen LogP contribution in [0.25, 0.3) is 0 Å². The number of carbonyl (C=O) groups is 2. The quantitative estimate of drug-likeness (QED) is 0.346. The summed E-state index contributed by atoms with van der Waals surface area (Å²) in [6.45, 7) is 4.14. The number of benzene rings is 3. The van der Waals surface area contributed by atoms with Gasteiger partial charge >= 0.3 is 0 Å². The van der Waals surface area contributed by atoms with Gasteiger partial charge in [-0.1, -0.05) is 61.0 Å². The van der Waals surface area contributed by atoms with E-state index in [-0.39, 0.29) is 44.0 Å². The third-order valence-corrected chi connectivity index (χ3v) is 6.36. The van der Waals surface area contributed by atoms with Crippen LogP contribution in [0.15, 0.2) is 66.7 Å². The number of hydrogen-bond donors (Lipinski definition) is 2. The molecule has 0 radical (unpaired) electrons. The molecule has 3 N–H and O–H groups in total. The number of amides is 1. The molecule has 0 aliphatic rings. The minimum atomic E-state index is -1.14. The van der Waals surface area contributed by atoms with Crippen molar-refractivity contribution in [1.29, 1.82) is 0 Å². The smallest absolute Gasteiger partial charge is 0.223 e. The van der Waals surface area contributed by atoms with E-state index >= 15 is 0 Å². The standard InChI is InChI=1S/C30H34F2N2O3/c1-3-21-5-4-6-22(13-21)18-34(30(37)12-11-28(35)24-9-7-20(2)8-10-24)19-29(36)27(33)16-23-14-25(31)17-26(32)15-23/h4-10,13-15,17,27,29,36H,3,11-12,16,18-19,33H2,1-2H3/t27-,29+/m0/s1. The van der Waals surface area contributed by atoms with E-state index in [1.54, 1.807) is 12.1 Å². The van der Waals surface area contributed by atoms with Crippen molar-refractivity contribution in [2.24, 2.45) is 5.73 Å². The largest absolute Gasteiger partial charge is 0.390 e. The summed E-state index contributed by atoms with van der Waals surface area (Å²) in [7, 11) is 0. The highest BCUT2D eigenvalue weighted by molar-refractivity contribution is 5.98. The number of ketones is 1. The third-order valence-electron chi connectivity index (χ3n) is 6.36. The van der Waals surface area contributed by atoms with Crippen LogP contribution < -0.4 is 5.73 Å². The first-order valence-corrected chi connectivity index (χ1v) is 12.5. The lowest BCUT2D eigenvalue weighted by Crippen LogP contribution is -2.46. The second-order valence-electron chi connectivity index (χ2n) is 9.45. The van der Waals surface area contributed by atoms with Crippen LogP contribution in [0.1, 0.15) is 52.4 Å². The second-order valence-corrected chi connectivity index (χ2v) is 9.45. The predicted octanol–water partition coefficient (Wildman–Crippen LogP) is 4.76. The topological polar surface area (TPSA) is 83.6 Å². The monoisotopic (exact) mass is 508 g/mol. The Morgan fingerprint density at radius 3 is 2.22 bits per heavy atom. The molecule has 0 fully saturated rings. The Labute approximate surface area is 216 Å². The lowest BCUT2D eigenvalue weighted by Gasteiger charge is -2.28. The van der Waals surface area contributed by atoms with Crippen LogP contribution in [0.3, 0.4) is 0 Å². The third kappa shape index (κ3) is 8.58. The molecule has 7 heteroatoms. The molecule has 2 atom stereocenters. The average Bonchev–Trinajstić information content (AvgIpc) is 2.86. The SMILES string of the molecule is CCc1cccc(CN(C[C@@H](O)[C@@H](N)Cc2cc(F)cc(F)c2)C(=O)CCC(=O)c2ccc(C)cc2)c1. The molecular weight excluding hydrogens is 474 g/mol. The minimum Gasteiger partial charge on any atom is -0.390 e. The maximum Gasteiger partial charge on any atom is 0.223 e. The van der Waals surface area contributed by atoms with Crippen LogP contribution in [0.5, 0.6) is 0 Å². The van der Waals surface area contributed by atoms with E-state index < -0.39 is 23.8 Å². The van der Waals surface area contributed by atoms with Crippen LogP contribution >= 0.6 is 0 Å². The summed E-state index contributed by atoms with van der Waals surface area (Å²) >= 11 is 0. The normalized spacial score (nSPS) is 12.7. The Balaban J connectivity index is 1.71. The van der Waals surface area contributed by atoms with Crippen LogP contribution in [-0.2, 0) is 24.2 Å². The summed E-state index contributed by atoms with van der Waals surface area (Å²) in [5, 5.41) is 10.8. The molecule has 0 heterocycles. The van der Waals surface area contributed by atoms with Gasteiger partial charge in [-0.05, 0) is 48.6 Å². The number of carbonyl (C=O) groups excluding carboxylic acids is 2. The predicted molar refractivity (Wildman–Crippen MR) is 140 cm³/mol. The first kappa shape index (κ1) is 28.2. The fourth-order valence-electron chi connectivity index (χ4n) is 4.18. The van der Waals surface area contributed by atoms with Crippen molar-refractivity contribution >= 4 is 11.7 Å². The summed E-state index contributed by atoms with van der Waals surface area (Å²) < 4.78 is 27.1. The Kier molecular flexibility index (Phi) is 10.1. The van der Waals surface area contributed by atoms with Gasteiger partial charge in [-0.15, -0.1) is 0 Å². The van der Waals surface area contributed by atoms with Crippen LogP contribution in [0, 0.1) is 18.6 Å². The van der Waals surface area contributed by atoms with E-state index in [1.807, 2.05) is 50.2 Å². The van der Waals surface area contributed by atoms with Crippen molar-refractivity contribution in [2.75, 3.05) is 6.54 Å². The molecule has 0 unspecified atom stereocenters. The van der Waals surface area contributed by atoms with Crippen molar-refractivity contribution in [2.45, 2.75) is 58.2 Å². The summed E-state index contributed by atoms with van der Waals surface area (Å²) in [6.07, 6.45) is -0.243. The van der Waals surface area contributed by atoms with Gasteiger partial charge in [-0.25, -0.2) is 8.78 Å². The van der Waals surface area contributed by atoms with Crippen molar-refractivity contribution in [1.82, 2.24) is 4.90 Å². The van der Waals surface area contributed by atoms with Crippen molar-refractivity contribution < 1.29 is 23.5 Å². The molecule has 3 rings (SSSR count). The van der Waals surface area contributed by atoms with Crippen molar-refractivity contribution in [3.8, 4) is 0 Å². The zero-order valence-corrected chi connectivity index (χ0v) is 21.3. The van der Waals surface area contributed by atoms with E-state index in [2.05, 4.69) is 0 Å². The molecule has 3 aromatic rings. The van der Waals surface area contributed by atoms with Crippen LogP contribution in [0.4, 0.5) is 8.78 Å². The summed E-state index contributed by atoms with van der Waals surface area (Å²) in [4.78, 5) is 27.3. The number of nitrogens with two attached hydrogens (primary N) is 1. The van der Waals surface area contributed by atoms with Crippen molar-refractivity contribution in [3.05, 3.63) is 106 Å². The zero-order chi connectivity index (χ0) is 26.9. The van der Waals surface area contributed by atoms with E-state index in [0.29, 0.717) is 11.1 Å². The average molecular weight is 509 g/mol. The highest BCUT2D eigenvalue weighted by atomic mass is 19.1. The number of aliphatic hydroxyl groups is 1. The number of Topliss-reactive ketones (excluding diaryl/α,β-unsaturated/α-hetero) is 1. The molecule has 0 saturated carbocycles. The lowest BCUT2D eigenvalue weighted by molar-refractivity contribution is -0.133. The van der Waals surface area contributed by atoms with E-state index in [4.69, 9.17) is 5.73 Å². The van der Waals surface area contributed by atoms with Gasteiger partial charge in [0.1, 0.15) is 11.6 Å². The number of halogens is 2. The van der Waals surface area contributed by atoms with Gasteiger partial charge in [-0.2, -0.15) is 0 Å². The van der Waals surface area contributed by atoms with Gasteiger partial charge in [0.15, 0.2) is 5.78 Å². The summed E-state index contributed by atoms with van der Waals surface area (Å²) in [5.41, 5.74) is 10.1. The van der Waals surface area contributed by atoms with Crippen LogP contribution in [-0.4, -0.2) is 40.4 Å². The van der Waals surface area contributed by atoms with Gasteiger partial charge in [0.05, 0.1) is 6.10 Å². The number of rotatable bonds is 12. The number of aliphatic hydroxyl groups excluding tert-OH is 1. The molecule has 0 saturated heterocycles. The Bertz CT molecular complexity index is 1190. The van der Waals surface area contributed by atoms with Crippen LogP contribution in [0.2, 0.25) is 0 Å². The van der Waals surface area contributed by atoms with Gasteiger partial charge in [-0.3, -0.25) is 9.59 Å². The summed E-state index contributed by atoms with van der Waals surface area (Å²) in [6, 6.07) is 17.3. The minimum absolute atomic E-state index is 0.0166. The zero-order valence-electron chi connectivity index (χ0n) is 21.3. The molecule has 3 aromatic carbocycles. The maximum atomic E-state index is 13.6. The van der Waals surface area contributed by atoms with Crippen molar-refractivity contribution in [3.63, 3.8) is 0 Å². The Hall–Kier alpha value is -3.42. The molecule has 0 aliphatic carbocycles. The van der Waals surface area contributed by atoms with E-state index in [1.165, 1.54) is 17.0 Å². The maximum absolute atomic E-state index is 13.6. The number of nitrogens with zero attached hydrogens (tertiary/aromatic N) is 1. The van der Waals surface area contributed by atoms with E-state index in [9.17, 15) is 23.5 Å². The molecular formula is C30H34F2N2O3. The first-order valence-electron chi connectivity index (χ1n) is 12.5. The number of aryl methyl sites for hydroxylation is 2. The van der Waals surface area contributed by atoms with Gasteiger partial charge in [0, 0.05) is 43.6 Å². The molecule has 5 nitrogen and oxygen atoms in total. The van der Waals surface area contributed by atoms with Gasteiger partial charge in [0.25, 0.3) is 0 Å². The second kappa shape index (κ2) is 13.2. The molecule has 0 bridgehead atoms. The first-order chi connectivity index (χ1) is 17.6. The fourth-order valence-corrected chi connectivity index (χ4v) is 4.18. The molecule has 0 aromatic heterocycles. The number of hydrogen-bond acceptors (Lipinski definition) is 4. The molecule has 0 spiro atoms. The van der Waals surface area contributed by atoms with Gasteiger partial charge < -0.3 is 15.7 Å². The molecule has 0 aliphatic heterocycles. The van der Waals surface area contributed by atoms with Gasteiger partial charge in [0.2, 0.25) is 5.91 Å². The highest BCUT2D eigenvalue weighted by Gasteiger charge is 2.24.